The van der Waals surface area contributed by atoms with Crippen molar-refractivity contribution >= 4 is 40.1 Å². The molecule has 0 spiro atoms. The van der Waals surface area contributed by atoms with E-state index in [4.69, 9.17) is 4.18 Å². The van der Waals surface area contributed by atoms with E-state index in [-0.39, 0.29) is 40.2 Å². The largest absolute Gasteiger partial charge is 0.400 e. The fourth-order valence-corrected chi connectivity index (χ4v) is 4.49. The first-order chi connectivity index (χ1) is 23.4. The van der Waals surface area contributed by atoms with Crippen molar-refractivity contribution in [3.63, 3.8) is 0 Å². The lowest BCUT2D eigenvalue weighted by molar-refractivity contribution is -0.129. The number of aryl methyl sites for hydroxylation is 1. The van der Waals surface area contributed by atoms with Crippen molar-refractivity contribution in [3.8, 4) is 5.75 Å². The summed E-state index contributed by atoms with van der Waals surface area (Å²) < 4.78 is 16.2. The minimum Gasteiger partial charge on any atom is -0.400 e. The van der Waals surface area contributed by atoms with Crippen molar-refractivity contribution in [1.29, 1.82) is 0 Å². The first-order valence-corrected chi connectivity index (χ1v) is 18.0. The molecule has 0 saturated carbocycles. The quantitative estimate of drug-likeness (QED) is 0.239. The Morgan fingerprint density at radius 3 is 1.54 bits per heavy atom. The van der Waals surface area contributed by atoms with Crippen LogP contribution in [0, 0.1) is 12.3 Å². The third-order valence-electron chi connectivity index (χ3n) is 6.89. The molecular weight excluding hydrogens is 653 g/mol. The molecule has 4 rings (SSSR count). The Morgan fingerprint density at radius 2 is 1.16 bits per heavy atom. The first-order valence-electron chi connectivity index (χ1n) is 16.7. The summed E-state index contributed by atoms with van der Waals surface area (Å²) in [6.07, 6.45) is 8.14. The Kier molecular flexibility index (Phi) is 23.4. The third-order valence-corrected chi connectivity index (χ3v) is 7.91. The summed E-state index contributed by atoms with van der Waals surface area (Å²) in [7, 11) is 0. The van der Waals surface area contributed by atoms with E-state index in [0.717, 1.165) is 29.8 Å². The second kappa shape index (κ2) is 25.6. The highest BCUT2D eigenvalue weighted by atomic mass is 32.2. The molecular formula is C40H56N2O7S. The van der Waals surface area contributed by atoms with Crippen molar-refractivity contribution in [2.75, 3.05) is 18.8 Å². The topological polar surface area (TPSA) is 128 Å². The van der Waals surface area contributed by atoms with Crippen LogP contribution in [-0.2, 0) is 47.9 Å². The van der Waals surface area contributed by atoms with Gasteiger partial charge < -0.3 is 9.08 Å². The molecule has 1 aliphatic heterocycles. The van der Waals surface area contributed by atoms with Crippen molar-refractivity contribution in [1.82, 2.24) is 9.88 Å². The molecule has 0 N–H and O–H groups in total. The number of amides is 1. The van der Waals surface area contributed by atoms with E-state index in [1.807, 2.05) is 87.2 Å². The van der Waals surface area contributed by atoms with Crippen LogP contribution in [0.5, 0.6) is 5.75 Å². The Balaban J connectivity index is 0.000000611. The van der Waals surface area contributed by atoms with Gasteiger partial charge in [0.1, 0.15) is 34.6 Å². The highest BCUT2D eigenvalue weighted by Crippen LogP contribution is 2.13. The number of carbonyl (C=O) groups is 5. The fraction of sp³-hybridized carbons (Fsp3) is 0.450. The van der Waals surface area contributed by atoms with Gasteiger partial charge in [-0.25, -0.2) is 4.21 Å². The number of hydrogen-bond donors (Lipinski definition) is 0. The van der Waals surface area contributed by atoms with Crippen molar-refractivity contribution < 1.29 is 32.4 Å². The molecule has 2 aromatic carbocycles. The molecule has 1 atom stereocenters. The molecule has 1 unspecified atom stereocenters. The van der Waals surface area contributed by atoms with Crippen LogP contribution in [0.15, 0.2) is 79.1 Å². The zero-order valence-corrected chi connectivity index (χ0v) is 32.1. The SMILES string of the molecule is CC(=O)C(C)(C)C.CC(=O)CS(=O)Oc1ccc(C)cc1.CC(=O)Cc1ccccc1.CC(=O)Cc1ccncc1.CC(=O)N1CCCCC1. The number of rotatable bonds is 8. The van der Waals surface area contributed by atoms with Crippen LogP contribution in [0.3, 0.4) is 0 Å². The fourth-order valence-electron chi connectivity index (χ4n) is 3.78. The van der Waals surface area contributed by atoms with Gasteiger partial charge in [0.2, 0.25) is 17.0 Å². The van der Waals surface area contributed by atoms with Crippen LogP contribution in [-0.4, -0.2) is 62.0 Å². The van der Waals surface area contributed by atoms with Gasteiger partial charge in [-0.1, -0.05) is 68.8 Å². The maximum absolute atomic E-state index is 11.2. The molecule has 1 aromatic heterocycles. The zero-order chi connectivity index (χ0) is 38.1. The number of benzene rings is 2. The van der Waals surface area contributed by atoms with Crippen molar-refractivity contribution in [3.05, 3.63) is 95.8 Å². The number of Topliss-reactive ketones (excluding diaryl/α,β-unsaturated/α-hetero) is 4. The van der Waals surface area contributed by atoms with Gasteiger partial charge in [0.15, 0.2) is 0 Å². The Labute approximate surface area is 301 Å². The summed E-state index contributed by atoms with van der Waals surface area (Å²) in [6, 6.07) is 20.6. The average molecular weight is 709 g/mol. The maximum atomic E-state index is 11.2. The normalized spacial score (nSPS) is 12.3. The lowest BCUT2D eigenvalue weighted by Crippen LogP contribution is -2.33. The molecule has 3 aromatic rings. The summed E-state index contributed by atoms with van der Waals surface area (Å²) in [5.74, 6) is 1.19. The van der Waals surface area contributed by atoms with Gasteiger partial charge in [-0.05, 0) is 89.3 Å². The number of nitrogens with zero attached hydrogens (tertiary/aromatic N) is 2. The van der Waals surface area contributed by atoms with Crippen LogP contribution in [0.4, 0.5) is 0 Å². The van der Waals surface area contributed by atoms with Crippen LogP contribution in [0.25, 0.3) is 0 Å². The molecule has 0 radical (unpaired) electrons. The number of ketones is 4. The molecule has 9 nitrogen and oxygen atoms in total. The second-order valence-corrected chi connectivity index (χ2v) is 14.1. The van der Waals surface area contributed by atoms with Crippen LogP contribution >= 0.6 is 0 Å². The summed E-state index contributed by atoms with van der Waals surface area (Å²) >= 11 is -1.56. The van der Waals surface area contributed by atoms with E-state index >= 15 is 0 Å². The summed E-state index contributed by atoms with van der Waals surface area (Å²) in [4.78, 5) is 58.8. The smallest absolute Gasteiger partial charge is 0.219 e. The number of pyridine rings is 1. The lowest BCUT2D eigenvalue weighted by Gasteiger charge is -2.24. The summed E-state index contributed by atoms with van der Waals surface area (Å²) in [5.41, 5.74) is 3.09. The highest BCUT2D eigenvalue weighted by molar-refractivity contribution is 7.81. The number of piperidine rings is 1. The second-order valence-electron chi connectivity index (χ2n) is 13.0. The van der Waals surface area contributed by atoms with Crippen LogP contribution < -0.4 is 4.18 Å². The minimum absolute atomic E-state index is 0.0616. The van der Waals surface area contributed by atoms with Crippen molar-refractivity contribution in [2.45, 2.75) is 94.4 Å². The first kappa shape index (κ1) is 45.7. The van der Waals surface area contributed by atoms with E-state index in [1.54, 1.807) is 52.2 Å². The van der Waals surface area contributed by atoms with E-state index in [1.165, 1.54) is 26.2 Å². The molecule has 50 heavy (non-hydrogen) atoms. The Hall–Kier alpha value is -4.31. The molecule has 1 saturated heterocycles. The van der Waals surface area contributed by atoms with Crippen LogP contribution in [0.2, 0.25) is 0 Å². The maximum Gasteiger partial charge on any atom is 0.219 e. The number of aromatic nitrogens is 1. The third kappa shape index (κ3) is 25.7. The van der Waals surface area contributed by atoms with Gasteiger partial charge in [-0.3, -0.25) is 29.0 Å². The van der Waals surface area contributed by atoms with E-state index in [9.17, 15) is 28.2 Å². The molecule has 274 valence electrons. The molecule has 2 heterocycles. The average Bonchev–Trinajstić information content (AvgIpc) is 3.03. The van der Waals surface area contributed by atoms with Crippen molar-refractivity contribution in [2.24, 2.45) is 5.41 Å². The predicted molar refractivity (Wildman–Crippen MR) is 201 cm³/mol. The van der Waals surface area contributed by atoms with E-state index < -0.39 is 11.1 Å². The number of carbonyl (C=O) groups excluding carboxylic acids is 5. The van der Waals surface area contributed by atoms with Crippen LogP contribution in [0.1, 0.15) is 91.3 Å². The molecule has 1 fully saturated rings. The lowest BCUT2D eigenvalue weighted by atomic mass is 9.92. The Bertz CT molecular complexity index is 1410. The zero-order valence-electron chi connectivity index (χ0n) is 31.3. The van der Waals surface area contributed by atoms with Gasteiger partial charge in [0, 0.05) is 50.7 Å². The molecule has 0 bridgehead atoms. The number of likely N-dealkylation sites (tertiary alicyclic amines) is 1. The van der Waals surface area contributed by atoms with Gasteiger partial charge >= 0.3 is 0 Å². The summed E-state index contributed by atoms with van der Waals surface area (Å²) in [5, 5.41) is 0. The highest BCUT2D eigenvalue weighted by Gasteiger charge is 2.14. The summed E-state index contributed by atoms with van der Waals surface area (Å²) in [6.45, 7) is 17.5. The predicted octanol–water partition coefficient (Wildman–Crippen LogP) is 7.30. The van der Waals surface area contributed by atoms with Gasteiger partial charge in [0.05, 0.1) is 0 Å². The van der Waals surface area contributed by atoms with E-state index in [2.05, 4.69) is 4.98 Å². The molecule has 1 aliphatic rings. The standard InChI is InChI=1S/C10H12O3S.C9H10O.C8H9NO.C7H13NO.C6H12O/c1-8-3-5-10(6-4-8)13-14(12)7-9(2)11;1-8(10)7-9-5-3-2-4-6-9;1-7(10)6-8-2-4-9-5-3-8;1-7(9)8-5-3-2-4-6-8;1-5(7)6(2,3)4/h3-6H,7H2,1-2H3;2-6H,7H2,1H3;2-5H,6H2,1H3;2-6H2,1H3;1-4H3. The Morgan fingerprint density at radius 1 is 0.700 bits per heavy atom. The minimum atomic E-state index is -1.56. The monoisotopic (exact) mass is 708 g/mol. The van der Waals surface area contributed by atoms with Gasteiger partial charge in [0.25, 0.3) is 0 Å². The molecule has 10 heteroatoms. The van der Waals surface area contributed by atoms with Gasteiger partial charge in [-0.2, -0.15) is 0 Å². The number of hydrogen-bond acceptors (Lipinski definition) is 8. The van der Waals surface area contributed by atoms with Gasteiger partial charge in [-0.15, -0.1) is 0 Å². The van der Waals surface area contributed by atoms with E-state index in [0.29, 0.717) is 18.6 Å². The molecule has 1 amide bonds. The molecule has 0 aliphatic carbocycles.